The van der Waals surface area contributed by atoms with Gasteiger partial charge in [0.05, 0.1) is 0 Å². The van der Waals surface area contributed by atoms with E-state index < -0.39 is 6.29 Å². The first-order valence-electron chi connectivity index (χ1n) is 2.13. The van der Waals surface area contributed by atoms with Gasteiger partial charge in [-0.1, -0.05) is 13.3 Å². The molecule has 0 atom stereocenters. The summed E-state index contributed by atoms with van der Waals surface area (Å²) in [5.41, 5.74) is 0. The Hall–Kier alpha value is 1.18. The summed E-state index contributed by atoms with van der Waals surface area (Å²) in [6, 6.07) is 0. The van der Waals surface area contributed by atoms with E-state index in [2.05, 4.69) is 0 Å². The Balaban J connectivity index is -0.0000000417. The van der Waals surface area contributed by atoms with E-state index in [-0.39, 0.29) is 40.6 Å². The third kappa shape index (κ3) is 11.0. The van der Waals surface area contributed by atoms with E-state index in [1.807, 2.05) is 6.92 Å². The van der Waals surface area contributed by atoms with Gasteiger partial charge in [-0.15, -0.1) is 0 Å². The predicted octanol–water partition coefficient (Wildman–Crippen LogP) is -0.0586. The van der Waals surface area contributed by atoms with Crippen LogP contribution in [0.1, 0.15) is 22.6 Å². The van der Waals surface area contributed by atoms with Crippen LogP contribution in [0, 0.1) is 0 Å². The van der Waals surface area contributed by atoms with E-state index in [4.69, 9.17) is 10.2 Å². The van der Waals surface area contributed by atoms with Gasteiger partial charge in [0.1, 0.15) is 0 Å². The van der Waals surface area contributed by atoms with Crippen LogP contribution in [0.5, 0.6) is 0 Å². The van der Waals surface area contributed by atoms with Gasteiger partial charge in [0.25, 0.3) is 0 Å². The number of hydrogen-bond donors (Lipinski definition) is 2. The summed E-state index contributed by atoms with van der Waals surface area (Å²) < 4.78 is 0. The third-order valence-corrected chi connectivity index (χ3v) is 0.547. The molecule has 0 saturated carbocycles. The topological polar surface area (TPSA) is 40.5 Å². The van der Waals surface area contributed by atoms with Crippen molar-refractivity contribution >= 4 is 37.7 Å². The largest absolute Gasteiger partial charge is 2.00 e. The van der Waals surface area contributed by atoms with E-state index in [1.165, 1.54) is 0 Å². The molecule has 7 heavy (non-hydrogen) atoms. The van der Waals surface area contributed by atoms with Gasteiger partial charge in [-0.05, 0) is 6.42 Å². The Morgan fingerprint density at radius 1 is 1.57 bits per heavy atom. The molecule has 0 unspecified atom stereocenters. The minimum absolute atomic E-state index is 0. The van der Waals surface area contributed by atoms with Gasteiger partial charge in [-0.25, -0.2) is 0 Å². The maximum atomic E-state index is 8.11. The second-order valence-corrected chi connectivity index (χ2v) is 1.27. The fourth-order valence-electron chi connectivity index (χ4n) is 0.258. The molecule has 2 nitrogen and oxygen atoms in total. The molecular formula is C4H12CaO2. The first kappa shape index (κ1) is 11.0. The molecule has 0 aliphatic rings. The summed E-state index contributed by atoms with van der Waals surface area (Å²) in [6.45, 7) is 1.90. The van der Waals surface area contributed by atoms with Crippen molar-refractivity contribution < 1.29 is 13.1 Å². The standard InChI is InChI=1S/C4H10O2.Ca.2H/c1-2-3-4(5)6;;;/h4-6H,2-3H2,1H3;;;/q;+2;2*-1. The van der Waals surface area contributed by atoms with Crippen LogP contribution >= 0.6 is 0 Å². The van der Waals surface area contributed by atoms with Crippen molar-refractivity contribution in [3.05, 3.63) is 0 Å². The summed E-state index contributed by atoms with van der Waals surface area (Å²) in [6.07, 6.45) is 0.215. The van der Waals surface area contributed by atoms with Crippen molar-refractivity contribution in [2.45, 2.75) is 26.1 Å². The van der Waals surface area contributed by atoms with E-state index in [0.29, 0.717) is 6.42 Å². The maximum absolute atomic E-state index is 8.11. The summed E-state index contributed by atoms with van der Waals surface area (Å²) in [5.74, 6) is 0. The van der Waals surface area contributed by atoms with Crippen molar-refractivity contribution in [3.63, 3.8) is 0 Å². The Bertz CT molecular complexity index is 37.7. The van der Waals surface area contributed by atoms with Crippen LogP contribution in [-0.2, 0) is 0 Å². The maximum Gasteiger partial charge on any atom is 2.00 e. The molecule has 0 aromatic carbocycles. The van der Waals surface area contributed by atoms with Crippen molar-refractivity contribution in [1.82, 2.24) is 0 Å². The second kappa shape index (κ2) is 7.18. The van der Waals surface area contributed by atoms with Gasteiger partial charge in [-0.3, -0.25) is 0 Å². The predicted molar refractivity (Wildman–Crippen MR) is 31.1 cm³/mol. The molecule has 0 aliphatic heterocycles. The Kier molecular flexibility index (Phi) is 11.3. The average molecular weight is 132 g/mol. The molecule has 0 spiro atoms. The molecule has 2 N–H and O–H groups in total. The molecule has 0 amide bonds. The molecule has 0 aromatic rings. The Morgan fingerprint density at radius 2 is 2.00 bits per heavy atom. The van der Waals surface area contributed by atoms with Crippen molar-refractivity contribution in [2.75, 3.05) is 0 Å². The number of aliphatic hydroxyl groups is 2. The van der Waals surface area contributed by atoms with Crippen LogP contribution in [0.3, 0.4) is 0 Å². The van der Waals surface area contributed by atoms with Gasteiger partial charge in [0, 0.05) is 0 Å². The van der Waals surface area contributed by atoms with Gasteiger partial charge in [-0.2, -0.15) is 0 Å². The molecule has 0 bridgehead atoms. The molecular weight excluding hydrogens is 120 g/mol. The summed E-state index contributed by atoms with van der Waals surface area (Å²) >= 11 is 0. The smallest absolute Gasteiger partial charge is 1.00 e. The number of rotatable bonds is 2. The SMILES string of the molecule is CCCC(O)O.[Ca+2].[H-].[H-]. The normalized spacial score (nSPS) is 8.57. The summed E-state index contributed by atoms with van der Waals surface area (Å²) in [4.78, 5) is 0. The molecule has 0 radical (unpaired) electrons. The summed E-state index contributed by atoms with van der Waals surface area (Å²) in [5, 5.41) is 16.2. The Morgan fingerprint density at radius 3 is 2.00 bits per heavy atom. The van der Waals surface area contributed by atoms with Crippen LogP contribution in [0.15, 0.2) is 0 Å². The van der Waals surface area contributed by atoms with Crippen LogP contribution in [-0.4, -0.2) is 54.2 Å². The molecule has 0 saturated heterocycles. The monoisotopic (exact) mass is 132 g/mol. The van der Waals surface area contributed by atoms with Crippen LogP contribution in [0.25, 0.3) is 0 Å². The third-order valence-electron chi connectivity index (χ3n) is 0.547. The van der Waals surface area contributed by atoms with Crippen molar-refractivity contribution in [3.8, 4) is 0 Å². The molecule has 3 heteroatoms. The fraction of sp³-hybridized carbons (Fsp3) is 1.00. The molecule has 42 valence electrons. The van der Waals surface area contributed by atoms with Crippen LogP contribution in [0.2, 0.25) is 0 Å². The van der Waals surface area contributed by atoms with E-state index in [9.17, 15) is 0 Å². The molecule has 0 fully saturated rings. The Labute approximate surface area is 76.5 Å². The average Bonchev–Trinajstić information content (AvgIpc) is 1.35. The second-order valence-electron chi connectivity index (χ2n) is 1.27. The first-order valence-corrected chi connectivity index (χ1v) is 2.13. The van der Waals surface area contributed by atoms with Gasteiger partial charge < -0.3 is 13.1 Å². The van der Waals surface area contributed by atoms with E-state index >= 15 is 0 Å². The fourth-order valence-corrected chi connectivity index (χ4v) is 0.258. The van der Waals surface area contributed by atoms with Crippen LogP contribution in [0.4, 0.5) is 0 Å². The van der Waals surface area contributed by atoms with Gasteiger partial charge >= 0.3 is 37.7 Å². The minimum atomic E-state index is -1.10. The first-order chi connectivity index (χ1) is 2.77. The zero-order chi connectivity index (χ0) is 4.99. The molecule has 0 aliphatic carbocycles. The zero-order valence-corrected chi connectivity index (χ0v) is 6.80. The minimum Gasteiger partial charge on any atom is -1.00 e. The van der Waals surface area contributed by atoms with E-state index in [0.717, 1.165) is 6.42 Å². The zero-order valence-electron chi connectivity index (χ0n) is 6.59. The van der Waals surface area contributed by atoms with Crippen molar-refractivity contribution in [1.29, 1.82) is 0 Å². The summed E-state index contributed by atoms with van der Waals surface area (Å²) in [7, 11) is 0. The van der Waals surface area contributed by atoms with Crippen molar-refractivity contribution in [2.24, 2.45) is 0 Å². The van der Waals surface area contributed by atoms with E-state index in [1.54, 1.807) is 0 Å². The van der Waals surface area contributed by atoms with Gasteiger partial charge in [0.15, 0.2) is 6.29 Å². The molecule has 0 heterocycles. The number of hydrogen-bond acceptors (Lipinski definition) is 2. The quantitative estimate of drug-likeness (QED) is 0.408. The molecule has 0 rings (SSSR count). The molecule has 0 aromatic heterocycles. The van der Waals surface area contributed by atoms with Gasteiger partial charge in [0.2, 0.25) is 0 Å². The van der Waals surface area contributed by atoms with Crippen LogP contribution < -0.4 is 0 Å². The number of aliphatic hydroxyl groups excluding tert-OH is 1.